The minimum Gasteiger partial charge on any atom is -0.497 e. The lowest BCUT2D eigenvalue weighted by Crippen LogP contribution is -2.39. The molecular formula is C19H22Cl2N2O4S2. The first kappa shape index (κ1) is 23.8. The Kier molecular flexibility index (Phi) is 9.10. The fraction of sp³-hybridized carbons (Fsp3) is 0.316. The van der Waals surface area contributed by atoms with Crippen molar-refractivity contribution in [3.63, 3.8) is 0 Å². The lowest BCUT2D eigenvalue weighted by molar-refractivity contribution is -0.121. The summed E-state index contributed by atoms with van der Waals surface area (Å²) in [6, 6.07) is 11.5. The molecule has 10 heteroatoms. The Balaban J connectivity index is 1.75. The molecule has 1 N–H and O–H groups in total. The van der Waals surface area contributed by atoms with Crippen LogP contribution in [0.3, 0.4) is 0 Å². The van der Waals surface area contributed by atoms with Crippen LogP contribution >= 0.6 is 35.0 Å². The van der Waals surface area contributed by atoms with E-state index in [4.69, 9.17) is 27.9 Å². The molecule has 0 heterocycles. The molecule has 0 aromatic heterocycles. The van der Waals surface area contributed by atoms with Gasteiger partial charge in [-0.25, -0.2) is 8.42 Å². The monoisotopic (exact) mass is 476 g/mol. The quantitative estimate of drug-likeness (QED) is 0.529. The zero-order chi connectivity index (χ0) is 21.4. The molecule has 158 valence electrons. The first-order valence-electron chi connectivity index (χ1n) is 8.63. The molecule has 0 radical (unpaired) electrons. The Bertz CT molecular complexity index is 938. The van der Waals surface area contributed by atoms with E-state index in [0.717, 1.165) is 15.6 Å². The normalized spacial score (nSPS) is 11.5. The average molecular weight is 477 g/mol. The molecule has 2 rings (SSSR count). The maximum Gasteiger partial charge on any atom is 0.243 e. The second kappa shape index (κ2) is 11.1. The maximum atomic E-state index is 12.5. The zero-order valence-corrected chi connectivity index (χ0v) is 19.2. The molecule has 0 aliphatic heterocycles. The van der Waals surface area contributed by atoms with Crippen molar-refractivity contribution in [3.05, 3.63) is 58.1 Å². The molecule has 0 spiro atoms. The van der Waals surface area contributed by atoms with Gasteiger partial charge in [0, 0.05) is 25.1 Å². The summed E-state index contributed by atoms with van der Waals surface area (Å²) in [6.07, 6.45) is 0. The van der Waals surface area contributed by atoms with E-state index in [0.29, 0.717) is 28.1 Å². The van der Waals surface area contributed by atoms with Crippen LogP contribution in [0.1, 0.15) is 5.56 Å². The van der Waals surface area contributed by atoms with Gasteiger partial charge in [-0.15, -0.1) is 0 Å². The van der Waals surface area contributed by atoms with Crippen molar-refractivity contribution >= 4 is 50.9 Å². The zero-order valence-electron chi connectivity index (χ0n) is 16.0. The number of rotatable bonds is 10. The highest BCUT2D eigenvalue weighted by Crippen LogP contribution is 2.24. The van der Waals surface area contributed by atoms with Crippen LogP contribution in [0.15, 0.2) is 47.4 Å². The summed E-state index contributed by atoms with van der Waals surface area (Å²) in [7, 11) is -0.873. The molecule has 29 heavy (non-hydrogen) atoms. The molecule has 0 aliphatic rings. The minimum atomic E-state index is -3.75. The second-order valence-electron chi connectivity index (χ2n) is 6.09. The van der Waals surface area contributed by atoms with Gasteiger partial charge >= 0.3 is 0 Å². The SMILES string of the molecule is COc1ccc(S(=O)(=O)N(C)CC(=O)NCCSCc2ccc(Cl)c(Cl)c2)cc1. The number of carbonyl (C=O) groups is 1. The average Bonchev–Trinajstić information content (AvgIpc) is 2.70. The van der Waals surface area contributed by atoms with Crippen molar-refractivity contribution in [1.82, 2.24) is 9.62 Å². The van der Waals surface area contributed by atoms with E-state index < -0.39 is 10.0 Å². The van der Waals surface area contributed by atoms with Crippen LogP contribution in [0.25, 0.3) is 0 Å². The van der Waals surface area contributed by atoms with Gasteiger partial charge in [-0.05, 0) is 42.0 Å². The van der Waals surface area contributed by atoms with E-state index >= 15 is 0 Å². The highest BCUT2D eigenvalue weighted by molar-refractivity contribution is 7.98. The van der Waals surface area contributed by atoms with Crippen molar-refractivity contribution in [1.29, 1.82) is 0 Å². The smallest absolute Gasteiger partial charge is 0.243 e. The summed E-state index contributed by atoms with van der Waals surface area (Å²) in [4.78, 5) is 12.2. The van der Waals surface area contributed by atoms with Gasteiger partial charge in [0.2, 0.25) is 15.9 Å². The van der Waals surface area contributed by atoms with Gasteiger partial charge in [-0.3, -0.25) is 4.79 Å². The molecular weight excluding hydrogens is 455 g/mol. The van der Waals surface area contributed by atoms with Crippen molar-refractivity contribution < 1.29 is 17.9 Å². The first-order chi connectivity index (χ1) is 13.7. The number of benzene rings is 2. The largest absolute Gasteiger partial charge is 0.497 e. The molecule has 0 atom stereocenters. The number of thioether (sulfide) groups is 1. The Labute approximate surface area is 185 Å². The molecule has 2 aromatic rings. The third kappa shape index (κ3) is 7.08. The molecule has 2 aromatic carbocycles. The van der Waals surface area contributed by atoms with Crippen molar-refractivity contribution in [2.75, 3.05) is 33.0 Å². The molecule has 0 saturated carbocycles. The highest BCUT2D eigenvalue weighted by atomic mass is 35.5. The van der Waals surface area contributed by atoms with Crippen LogP contribution < -0.4 is 10.1 Å². The molecule has 0 saturated heterocycles. The molecule has 6 nitrogen and oxygen atoms in total. The molecule has 1 amide bonds. The van der Waals surface area contributed by atoms with Gasteiger partial charge in [0.1, 0.15) is 5.75 Å². The summed E-state index contributed by atoms with van der Waals surface area (Å²) in [5.41, 5.74) is 1.04. The fourth-order valence-corrected chi connectivity index (χ4v) is 4.61. The number of likely N-dealkylation sites (N-methyl/N-ethyl adjacent to an activating group) is 1. The van der Waals surface area contributed by atoms with E-state index in [1.165, 1.54) is 26.3 Å². The molecule has 0 unspecified atom stereocenters. The van der Waals surface area contributed by atoms with E-state index in [1.807, 2.05) is 12.1 Å². The summed E-state index contributed by atoms with van der Waals surface area (Å²) in [5.74, 6) is 1.61. The van der Waals surface area contributed by atoms with Crippen LogP contribution in [0.2, 0.25) is 10.0 Å². The Morgan fingerprint density at radius 2 is 1.83 bits per heavy atom. The number of ether oxygens (including phenoxy) is 1. The summed E-state index contributed by atoms with van der Waals surface area (Å²) >= 11 is 13.5. The Morgan fingerprint density at radius 3 is 2.45 bits per heavy atom. The Morgan fingerprint density at radius 1 is 1.14 bits per heavy atom. The number of sulfonamides is 1. The summed E-state index contributed by atoms with van der Waals surface area (Å²) in [5, 5.41) is 3.76. The fourth-order valence-electron chi connectivity index (χ4n) is 2.35. The van der Waals surface area contributed by atoms with E-state index in [2.05, 4.69) is 5.32 Å². The van der Waals surface area contributed by atoms with Crippen LogP contribution in [0, 0.1) is 0 Å². The van der Waals surface area contributed by atoms with Gasteiger partial charge < -0.3 is 10.1 Å². The number of carbonyl (C=O) groups excluding carboxylic acids is 1. The number of amides is 1. The van der Waals surface area contributed by atoms with Gasteiger partial charge in [-0.2, -0.15) is 16.1 Å². The van der Waals surface area contributed by atoms with Crippen LogP contribution in [0.4, 0.5) is 0 Å². The number of nitrogens with one attached hydrogen (secondary N) is 1. The molecule has 0 bridgehead atoms. The van der Waals surface area contributed by atoms with Gasteiger partial charge in [0.25, 0.3) is 0 Å². The highest BCUT2D eigenvalue weighted by Gasteiger charge is 2.22. The third-order valence-corrected chi connectivity index (χ3v) is 7.54. The summed E-state index contributed by atoms with van der Waals surface area (Å²) < 4.78 is 31.1. The number of nitrogens with zero attached hydrogens (tertiary/aromatic N) is 1. The number of hydrogen-bond acceptors (Lipinski definition) is 5. The molecule has 0 fully saturated rings. The number of hydrogen-bond donors (Lipinski definition) is 1. The van der Waals surface area contributed by atoms with E-state index in [-0.39, 0.29) is 17.3 Å². The first-order valence-corrected chi connectivity index (χ1v) is 12.0. The van der Waals surface area contributed by atoms with Crippen molar-refractivity contribution in [2.24, 2.45) is 0 Å². The van der Waals surface area contributed by atoms with Gasteiger partial charge in [0.15, 0.2) is 0 Å². The third-order valence-electron chi connectivity index (χ3n) is 3.96. The van der Waals surface area contributed by atoms with Crippen LogP contribution in [-0.4, -0.2) is 51.6 Å². The molecule has 0 aliphatic carbocycles. The van der Waals surface area contributed by atoms with Crippen LogP contribution in [-0.2, 0) is 20.6 Å². The van der Waals surface area contributed by atoms with E-state index in [1.54, 1.807) is 30.0 Å². The van der Waals surface area contributed by atoms with E-state index in [9.17, 15) is 13.2 Å². The predicted octanol–water partition coefficient (Wildman–Crippen LogP) is 3.67. The van der Waals surface area contributed by atoms with Gasteiger partial charge in [0.05, 0.1) is 28.6 Å². The second-order valence-corrected chi connectivity index (χ2v) is 10.1. The topological polar surface area (TPSA) is 75.7 Å². The van der Waals surface area contributed by atoms with Gasteiger partial charge in [-0.1, -0.05) is 29.3 Å². The number of halogens is 2. The predicted molar refractivity (Wildman–Crippen MR) is 118 cm³/mol. The van der Waals surface area contributed by atoms with Crippen LogP contribution in [0.5, 0.6) is 5.75 Å². The lowest BCUT2D eigenvalue weighted by Gasteiger charge is -2.17. The Hall–Kier alpha value is -1.45. The van der Waals surface area contributed by atoms with Crippen molar-refractivity contribution in [3.8, 4) is 5.75 Å². The maximum absolute atomic E-state index is 12.5. The lowest BCUT2D eigenvalue weighted by atomic mass is 10.2. The number of methoxy groups -OCH3 is 1. The standard InChI is InChI=1S/C19H22Cl2N2O4S2/c1-23(29(25,26)16-6-4-15(27-2)5-7-16)12-19(24)22-9-10-28-13-14-3-8-17(20)18(21)11-14/h3-8,11H,9-10,12-13H2,1-2H3,(H,22,24). The van der Waals surface area contributed by atoms with Crippen molar-refractivity contribution in [2.45, 2.75) is 10.6 Å². The minimum absolute atomic E-state index is 0.103. The summed E-state index contributed by atoms with van der Waals surface area (Å²) in [6.45, 7) is 0.174.